The predicted octanol–water partition coefficient (Wildman–Crippen LogP) is 2.68. The van der Waals surface area contributed by atoms with Gasteiger partial charge in [-0.25, -0.2) is 11.0 Å². The van der Waals surface area contributed by atoms with Gasteiger partial charge in [0.1, 0.15) is 11.5 Å². The molecule has 0 amide bonds. The Labute approximate surface area is 174 Å². The van der Waals surface area contributed by atoms with Gasteiger partial charge in [0.05, 0.1) is 0 Å². The summed E-state index contributed by atoms with van der Waals surface area (Å²) in [5, 5.41) is 3.13. The number of hydrogen-bond donors (Lipinski definition) is 1. The van der Waals surface area contributed by atoms with Crippen molar-refractivity contribution in [2.75, 3.05) is 11.9 Å². The molecule has 3 heterocycles. The second-order valence-corrected chi connectivity index (χ2v) is 6.71. The number of rotatable bonds is 3. The molecule has 3 rings (SSSR count). The molecule has 1 aliphatic rings. The molecule has 124 valence electrons. The third kappa shape index (κ3) is 4.32. The fourth-order valence-corrected chi connectivity index (χ4v) is 3.25. The van der Waals surface area contributed by atoms with Crippen LogP contribution in [0.4, 0.5) is 11.5 Å². The van der Waals surface area contributed by atoms with Crippen molar-refractivity contribution < 1.29 is 31.1 Å². The van der Waals surface area contributed by atoms with Gasteiger partial charge in [-0.2, -0.15) is 0 Å². The Bertz CT molecular complexity index is 791. The minimum absolute atomic E-state index is 0. The van der Waals surface area contributed by atoms with E-state index in [0.29, 0.717) is 11.5 Å². The Kier molecular flexibility index (Phi) is 6.72. The van der Waals surface area contributed by atoms with Crippen LogP contribution in [-0.4, -0.2) is 27.0 Å². The first-order valence-corrected chi connectivity index (χ1v) is 8.25. The van der Waals surface area contributed by atoms with E-state index in [9.17, 15) is 4.79 Å². The molecule has 7 heteroatoms. The van der Waals surface area contributed by atoms with Crippen LogP contribution >= 0.6 is 15.9 Å². The van der Waals surface area contributed by atoms with Crippen LogP contribution in [0.2, 0.25) is 0 Å². The molecule has 0 aromatic carbocycles. The first-order chi connectivity index (χ1) is 10.9. The largest absolute Gasteiger partial charge is 2.00 e. The Morgan fingerprint density at radius 1 is 1.38 bits per heavy atom. The predicted molar refractivity (Wildman–Crippen MR) is 95.5 cm³/mol. The number of pyridine rings is 2. The molecule has 1 N–H and O–H groups in total. The molecule has 0 aliphatic carbocycles. The van der Waals surface area contributed by atoms with Crippen LogP contribution in [0.25, 0.3) is 0 Å². The smallest absolute Gasteiger partial charge is 0.356 e. The number of halogens is 1. The molecular formula is C17H19BrN4OU. The Morgan fingerprint density at radius 3 is 2.83 bits per heavy atom. The maximum Gasteiger partial charge on any atom is 2.00 e. The van der Waals surface area contributed by atoms with Crippen molar-refractivity contribution in [1.82, 2.24) is 14.5 Å². The molecular weight excluding hydrogens is 594 g/mol. The molecule has 2 aromatic heterocycles. The van der Waals surface area contributed by atoms with Gasteiger partial charge in [0.25, 0.3) is 5.56 Å². The monoisotopic (exact) mass is 612 g/mol. The summed E-state index contributed by atoms with van der Waals surface area (Å²) in [5.74, 6) is 0.688. The summed E-state index contributed by atoms with van der Waals surface area (Å²) in [6, 6.07) is 5.78. The van der Waals surface area contributed by atoms with Crippen molar-refractivity contribution in [2.45, 2.75) is 19.0 Å². The number of aryl methyl sites for hydroxylation is 1. The summed E-state index contributed by atoms with van der Waals surface area (Å²) in [6.45, 7) is 9.67. The summed E-state index contributed by atoms with van der Waals surface area (Å²) < 4.78 is 2.37. The number of hydrogen-bond acceptors (Lipinski definition) is 4. The molecule has 1 aliphatic heterocycles. The van der Waals surface area contributed by atoms with E-state index >= 15 is 0 Å². The second kappa shape index (κ2) is 8.18. The van der Waals surface area contributed by atoms with Crippen LogP contribution in [0.3, 0.4) is 0 Å². The van der Waals surface area contributed by atoms with Crippen molar-refractivity contribution in [1.29, 1.82) is 0 Å². The van der Waals surface area contributed by atoms with E-state index < -0.39 is 0 Å². The van der Waals surface area contributed by atoms with Crippen LogP contribution in [0, 0.1) is 45.0 Å². The number of aromatic nitrogens is 2. The Hall–Kier alpha value is -0.608. The molecule has 0 saturated carbocycles. The van der Waals surface area contributed by atoms with E-state index in [4.69, 9.17) is 0 Å². The first-order valence-electron chi connectivity index (χ1n) is 7.46. The molecule has 0 spiro atoms. The van der Waals surface area contributed by atoms with E-state index in [1.54, 1.807) is 19.3 Å². The van der Waals surface area contributed by atoms with Crippen molar-refractivity contribution >= 4 is 27.4 Å². The SMILES string of the molecule is [CH2-]C([CH2-])N1CCc2nc(Nc3cc(Br)cn(C)c3=O)ccc2C1.[U+2]. The van der Waals surface area contributed by atoms with E-state index in [2.05, 4.69) is 51.0 Å². The Morgan fingerprint density at radius 2 is 2.12 bits per heavy atom. The quantitative estimate of drug-likeness (QED) is 0.542. The average molecular weight is 613 g/mol. The van der Waals surface area contributed by atoms with Crippen LogP contribution < -0.4 is 10.9 Å². The minimum Gasteiger partial charge on any atom is -0.356 e. The number of anilines is 2. The summed E-state index contributed by atoms with van der Waals surface area (Å²) in [5.41, 5.74) is 2.68. The van der Waals surface area contributed by atoms with Crippen LogP contribution in [0.15, 0.2) is 33.7 Å². The van der Waals surface area contributed by atoms with Crippen molar-refractivity contribution in [2.24, 2.45) is 7.05 Å². The van der Waals surface area contributed by atoms with E-state index in [-0.39, 0.29) is 42.7 Å². The van der Waals surface area contributed by atoms with Gasteiger partial charge in [0.15, 0.2) is 0 Å². The molecule has 0 unspecified atom stereocenters. The number of nitrogens with zero attached hydrogens (tertiary/aromatic N) is 3. The van der Waals surface area contributed by atoms with Gasteiger partial charge < -0.3 is 28.6 Å². The molecule has 24 heavy (non-hydrogen) atoms. The number of fused-ring (bicyclic) bond motifs is 1. The zero-order valence-corrected chi connectivity index (χ0v) is 19.3. The van der Waals surface area contributed by atoms with Gasteiger partial charge in [0, 0.05) is 36.4 Å². The van der Waals surface area contributed by atoms with E-state index in [0.717, 1.165) is 29.7 Å². The van der Waals surface area contributed by atoms with Gasteiger partial charge >= 0.3 is 31.1 Å². The number of nitrogens with one attached hydrogen (secondary N) is 1. The molecule has 0 fully saturated rings. The minimum atomic E-state index is -0.0872. The Balaban J connectivity index is 0.00000208. The van der Waals surface area contributed by atoms with E-state index in [1.807, 2.05) is 6.07 Å². The van der Waals surface area contributed by atoms with E-state index in [1.165, 1.54) is 10.1 Å². The standard InChI is InChI=1S/C17H19BrN4O.U/c1-11(2)22-7-6-14-12(9-22)4-5-16(19-14)20-15-8-13(18)10-21(3)17(15)23;/h4-5,8,10-11H,1-2,6-7,9H2,3H3,(H,19,20);/q-2;+2. The molecule has 5 nitrogen and oxygen atoms in total. The van der Waals surface area contributed by atoms with Crippen molar-refractivity contribution in [3.63, 3.8) is 0 Å². The van der Waals surface area contributed by atoms with Crippen molar-refractivity contribution in [3.05, 3.63) is 64.3 Å². The van der Waals surface area contributed by atoms with Gasteiger partial charge in [-0.1, -0.05) is 6.07 Å². The average Bonchev–Trinajstić information content (AvgIpc) is 2.51. The summed E-state index contributed by atoms with van der Waals surface area (Å²) in [7, 11) is 1.72. The fourth-order valence-electron chi connectivity index (χ4n) is 2.72. The van der Waals surface area contributed by atoms with Gasteiger partial charge in [-0.05, 0) is 40.2 Å². The molecule has 0 bridgehead atoms. The maximum absolute atomic E-state index is 12.2. The second-order valence-electron chi connectivity index (χ2n) is 5.79. The maximum atomic E-state index is 12.2. The van der Waals surface area contributed by atoms with Gasteiger partial charge in [-0.15, -0.1) is 0 Å². The van der Waals surface area contributed by atoms with Gasteiger partial charge in [0.2, 0.25) is 0 Å². The molecule has 0 atom stereocenters. The third-order valence-electron chi connectivity index (χ3n) is 4.01. The van der Waals surface area contributed by atoms with Crippen LogP contribution in [-0.2, 0) is 20.0 Å². The molecule has 0 radical (unpaired) electrons. The zero-order chi connectivity index (χ0) is 16.6. The van der Waals surface area contributed by atoms with Gasteiger partial charge in [-0.3, -0.25) is 4.79 Å². The summed E-state index contributed by atoms with van der Waals surface area (Å²) in [4.78, 5) is 19.0. The normalized spacial score (nSPS) is 14.2. The van der Waals surface area contributed by atoms with Crippen molar-refractivity contribution in [3.8, 4) is 0 Å². The first kappa shape index (κ1) is 19.7. The summed E-state index contributed by atoms with van der Waals surface area (Å²) >= 11 is 3.40. The van der Waals surface area contributed by atoms with Crippen LogP contribution in [0.1, 0.15) is 11.3 Å². The van der Waals surface area contributed by atoms with Crippen LogP contribution in [0.5, 0.6) is 0 Å². The molecule has 0 saturated heterocycles. The summed E-state index contributed by atoms with van der Waals surface area (Å²) in [6.07, 6.45) is 2.60. The molecule has 2 aromatic rings. The third-order valence-corrected chi connectivity index (χ3v) is 4.44. The topological polar surface area (TPSA) is 50.2 Å². The fraction of sp³-hybridized carbons (Fsp3) is 0.294. The zero-order valence-electron chi connectivity index (χ0n) is 13.6.